The quantitative estimate of drug-likeness (QED) is 0.151. The summed E-state index contributed by atoms with van der Waals surface area (Å²) < 4.78 is 5.22. The zero-order valence-electron chi connectivity index (χ0n) is 20.3. The maximum absolute atomic E-state index is 12.6. The second-order valence-electron chi connectivity index (χ2n) is 9.91. The smallest absolute Gasteiger partial charge is 0.338 e. The first kappa shape index (κ1) is 29.8. The number of carbonyl (C=O) groups excluding carboxylic acids is 1. The van der Waals surface area contributed by atoms with E-state index in [-0.39, 0.29) is 30.6 Å². The second-order valence-corrected chi connectivity index (χ2v) is 9.91. The monoisotopic (exact) mass is 542 g/mol. The highest BCUT2D eigenvalue weighted by Gasteiger charge is 2.47. The van der Waals surface area contributed by atoms with Gasteiger partial charge in [0.25, 0.3) is 0 Å². The summed E-state index contributed by atoms with van der Waals surface area (Å²) in [6.07, 6.45) is -11.5. The number of aliphatic carboxylic acids is 1. The van der Waals surface area contributed by atoms with Gasteiger partial charge in [-0.1, -0.05) is 12.1 Å². The number of carboxylic acids is 1. The molecule has 0 aromatic heterocycles. The van der Waals surface area contributed by atoms with Crippen LogP contribution in [0.25, 0.3) is 0 Å². The second kappa shape index (κ2) is 12.4. The number of benzene rings is 1. The summed E-state index contributed by atoms with van der Waals surface area (Å²) >= 11 is 0. The molecule has 13 nitrogen and oxygen atoms in total. The molecule has 1 saturated carbocycles. The van der Waals surface area contributed by atoms with Crippen molar-refractivity contribution in [3.8, 4) is 5.75 Å². The van der Waals surface area contributed by atoms with E-state index in [4.69, 9.17) is 4.74 Å². The highest BCUT2D eigenvalue weighted by Crippen LogP contribution is 2.39. The molecule has 10 atom stereocenters. The van der Waals surface area contributed by atoms with Crippen molar-refractivity contribution in [1.29, 1.82) is 0 Å². The van der Waals surface area contributed by atoms with Crippen LogP contribution in [0.15, 0.2) is 35.6 Å². The molecule has 2 aliphatic rings. The predicted molar refractivity (Wildman–Crippen MR) is 126 cm³/mol. The summed E-state index contributed by atoms with van der Waals surface area (Å²) in [6, 6.07) is 5.00. The summed E-state index contributed by atoms with van der Waals surface area (Å²) in [4.78, 5) is 24.4. The number of carboxylic acid groups (broad SMARTS) is 1. The van der Waals surface area contributed by atoms with Crippen molar-refractivity contribution in [3.63, 3.8) is 0 Å². The number of hydrogen-bond donors (Lipinski definition) is 10. The molecule has 0 spiro atoms. The Kier molecular flexibility index (Phi) is 9.70. The largest absolute Gasteiger partial charge is 0.512 e. The maximum Gasteiger partial charge on any atom is 0.338 e. The average molecular weight is 543 g/mol. The van der Waals surface area contributed by atoms with Gasteiger partial charge in [0.15, 0.2) is 6.10 Å². The Morgan fingerprint density at radius 2 is 1.55 bits per heavy atom. The van der Waals surface area contributed by atoms with E-state index in [0.29, 0.717) is 0 Å². The number of aliphatic hydroxyl groups excluding tert-OH is 8. The number of phenolic OH excluding ortho intramolecular Hbond substituents is 1. The molecule has 3 unspecified atom stereocenters. The highest BCUT2D eigenvalue weighted by molar-refractivity contribution is 5.89. The SMILES string of the molecule is O=C(O)C1=C(O)CC(OC(=O)[C@H](O)[C@H](O)c2ccc(O)cc2)[C@@H]1C(O)CCC1C[C@H](CO)[C@@H](O)[C@H](O)[C@H]1O. The minimum absolute atomic E-state index is 0.0373. The predicted octanol–water partition coefficient (Wildman–Crippen LogP) is -1.53. The van der Waals surface area contributed by atoms with Crippen molar-refractivity contribution < 1.29 is 65.4 Å². The molecule has 2 aliphatic carbocycles. The Bertz CT molecular complexity index is 1010. The standard InChI is InChI=1S/C25H34O13/c26-9-12-7-11(20(31)22(33)21(12)32)3-6-14(28)17-16(8-15(29)18(17)24(35)36)38-25(37)23(34)19(30)10-1-4-13(27)5-2-10/h1-2,4-5,11-12,14,16-17,19-23,26-34H,3,6-9H2,(H,35,36)/t11?,12-,14?,16?,17+,19-,20+,21-,22-,23-/m1/s1. The van der Waals surface area contributed by atoms with Gasteiger partial charge in [-0.15, -0.1) is 0 Å². The molecule has 0 aliphatic heterocycles. The van der Waals surface area contributed by atoms with Gasteiger partial charge in [-0.2, -0.15) is 0 Å². The molecule has 212 valence electrons. The summed E-state index contributed by atoms with van der Waals surface area (Å²) in [5, 5.41) is 101. The van der Waals surface area contributed by atoms with Gasteiger partial charge in [0.2, 0.25) is 0 Å². The lowest BCUT2D eigenvalue weighted by Gasteiger charge is -2.40. The highest BCUT2D eigenvalue weighted by atomic mass is 16.6. The molecule has 1 aromatic carbocycles. The van der Waals surface area contributed by atoms with E-state index in [0.717, 1.165) is 0 Å². The van der Waals surface area contributed by atoms with Crippen LogP contribution < -0.4 is 0 Å². The summed E-state index contributed by atoms with van der Waals surface area (Å²) in [5.74, 6) is -6.43. The van der Waals surface area contributed by atoms with Gasteiger partial charge in [-0.3, -0.25) is 0 Å². The Labute approximate surface area is 217 Å². The molecule has 10 N–H and O–H groups in total. The van der Waals surface area contributed by atoms with Gasteiger partial charge in [0, 0.05) is 18.9 Å². The minimum atomic E-state index is -2.10. The Morgan fingerprint density at radius 3 is 2.13 bits per heavy atom. The van der Waals surface area contributed by atoms with Gasteiger partial charge in [-0.05, 0) is 42.9 Å². The van der Waals surface area contributed by atoms with Crippen LogP contribution in [0.4, 0.5) is 0 Å². The number of ether oxygens (including phenoxy) is 1. The molecule has 0 heterocycles. The molecule has 13 heteroatoms. The van der Waals surface area contributed by atoms with Crippen LogP contribution in [0.5, 0.6) is 5.75 Å². The fourth-order valence-electron chi connectivity index (χ4n) is 5.29. The number of phenols is 1. The van der Waals surface area contributed by atoms with Crippen molar-refractivity contribution in [2.75, 3.05) is 6.61 Å². The topological polar surface area (TPSA) is 246 Å². The van der Waals surface area contributed by atoms with Gasteiger partial charge in [0.1, 0.15) is 29.8 Å². The fraction of sp³-hybridized carbons (Fsp3) is 0.600. The molecule has 0 saturated heterocycles. The number of rotatable bonds is 10. The van der Waals surface area contributed by atoms with E-state index in [1.54, 1.807) is 0 Å². The van der Waals surface area contributed by atoms with E-state index in [1.807, 2.05) is 0 Å². The van der Waals surface area contributed by atoms with Crippen molar-refractivity contribution >= 4 is 11.9 Å². The molecule has 0 bridgehead atoms. The van der Waals surface area contributed by atoms with Crippen LogP contribution in [-0.4, -0.2) is 106 Å². The molecule has 1 aromatic rings. The van der Waals surface area contributed by atoms with Gasteiger partial charge < -0.3 is 55.8 Å². The molecular formula is C25H34O13. The van der Waals surface area contributed by atoms with Gasteiger partial charge >= 0.3 is 11.9 Å². The lowest BCUT2D eigenvalue weighted by molar-refractivity contribution is -0.169. The van der Waals surface area contributed by atoms with Crippen LogP contribution in [0.2, 0.25) is 0 Å². The van der Waals surface area contributed by atoms with Crippen molar-refractivity contribution in [3.05, 3.63) is 41.2 Å². The maximum atomic E-state index is 12.6. The number of esters is 1. The lowest BCUT2D eigenvalue weighted by atomic mass is 9.73. The molecule has 0 radical (unpaired) electrons. The first-order valence-electron chi connectivity index (χ1n) is 12.2. The van der Waals surface area contributed by atoms with E-state index in [1.165, 1.54) is 24.3 Å². The minimum Gasteiger partial charge on any atom is -0.512 e. The van der Waals surface area contributed by atoms with Gasteiger partial charge in [-0.25, -0.2) is 9.59 Å². The molecule has 38 heavy (non-hydrogen) atoms. The van der Waals surface area contributed by atoms with Crippen LogP contribution in [0.3, 0.4) is 0 Å². The number of hydrogen-bond acceptors (Lipinski definition) is 12. The van der Waals surface area contributed by atoms with Crippen molar-refractivity contribution in [1.82, 2.24) is 0 Å². The summed E-state index contributed by atoms with van der Waals surface area (Å²) in [6.45, 7) is -0.442. The Hall–Kier alpha value is -2.78. The normalized spacial score (nSPS) is 32.0. The Morgan fingerprint density at radius 1 is 0.947 bits per heavy atom. The molecular weight excluding hydrogens is 508 g/mol. The first-order valence-corrected chi connectivity index (χ1v) is 12.2. The molecule has 0 amide bonds. The van der Waals surface area contributed by atoms with Crippen LogP contribution in [0, 0.1) is 17.8 Å². The fourth-order valence-corrected chi connectivity index (χ4v) is 5.29. The lowest BCUT2D eigenvalue weighted by Crippen LogP contribution is -2.52. The van der Waals surface area contributed by atoms with Crippen LogP contribution in [-0.2, 0) is 14.3 Å². The zero-order chi connectivity index (χ0) is 28.3. The zero-order valence-corrected chi connectivity index (χ0v) is 20.3. The van der Waals surface area contributed by atoms with Crippen LogP contribution >= 0.6 is 0 Å². The third-order valence-corrected chi connectivity index (χ3v) is 7.47. The number of carbonyl (C=O) groups is 2. The van der Waals surface area contributed by atoms with E-state index in [9.17, 15) is 60.7 Å². The van der Waals surface area contributed by atoms with Crippen LogP contribution in [0.1, 0.15) is 37.4 Å². The summed E-state index contributed by atoms with van der Waals surface area (Å²) in [7, 11) is 0. The van der Waals surface area contributed by atoms with E-state index >= 15 is 0 Å². The average Bonchev–Trinajstić information content (AvgIpc) is 3.21. The third-order valence-electron chi connectivity index (χ3n) is 7.47. The first-order chi connectivity index (χ1) is 17.9. The number of aliphatic hydroxyl groups is 8. The molecule has 1 fully saturated rings. The van der Waals surface area contributed by atoms with E-state index in [2.05, 4.69) is 0 Å². The van der Waals surface area contributed by atoms with E-state index < -0.39 is 96.8 Å². The third kappa shape index (κ3) is 6.26. The summed E-state index contributed by atoms with van der Waals surface area (Å²) in [5.41, 5.74) is -0.501. The van der Waals surface area contributed by atoms with Crippen molar-refractivity contribution in [2.45, 2.75) is 68.4 Å². The van der Waals surface area contributed by atoms with Crippen molar-refractivity contribution in [2.24, 2.45) is 17.8 Å². The number of aromatic hydroxyl groups is 1. The van der Waals surface area contributed by atoms with Gasteiger partial charge in [0.05, 0.1) is 29.8 Å². The Balaban J connectivity index is 1.71. The molecule has 3 rings (SSSR count).